The third-order valence-electron chi connectivity index (χ3n) is 1.75. The minimum absolute atomic E-state index is 0.00950. The maximum absolute atomic E-state index is 12.6. The summed E-state index contributed by atoms with van der Waals surface area (Å²) in [4.78, 5) is 14.0. The van der Waals surface area contributed by atoms with E-state index in [1.807, 2.05) is 0 Å². The number of carboxylic acid groups (broad SMARTS) is 1. The third kappa shape index (κ3) is 3.00. The van der Waals surface area contributed by atoms with Crippen molar-refractivity contribution in [1.29, 1.82) is 0 Å². The van der Waals surface area contributed by atoms with Crippen molar-refractivity contribution in [1.82, 2.24) is 4.98 Å². The quantitative estimate of drug-likeness (QED) is 0.852. The molecule has 0 unspecified atom stereocenters. The number of pyridine rings is 1. The SMILES string of the molecule is COc1c(I)cc(CC(=O)O)nc1C(F)F. The summed E-state index contributed by atoms with van der Waals surface area (Å²) in [5.74, 6) is -1.13. The summed E-state index contributed by atoms with van der Waals surface area (Å²) >= 11 is 1.80. The first kappa shape index (κ1) is 13.1. The molecule has 4 nitrogen and oxygen atoms in total. The van der Waals surface area contributed by atoms with E-state index in [1.165, 1.54) is 13.2 Å². The summed E-state index contributed by atoms with van der Waals surface area (Å²) < 4.78 is 30.5. The zero-order valence-electron chi connectivity index (χ0n) is 8.21. The molecule has 1 aromatic heterocycles. The van der Waals surface area contributed by atoms with E-state index in [0.29, 0.717) is 3.57 Å². The van der Waals surface area contributed by atoms with Gasteiger partial charge in [0.15, 0.2) is 5.75 Å². The van der Waals surface area contributed by atoms with Crippen molar-refractivity contribution in [3.05, 3.63) is 21.0 Å². The van der Waals surface area contributed by atoms with Crippen LogP contribution in [0.2, 0.25) is 0 Å². The molecule has 7 heteroatoms. The van der Waals surface area contributed by atoms with Crippen LogP contribution in [0.5, 0.6) is 5.75 Å². The predicted octanol–water partition coefficient (Wildman–Crippen LogP) is 2.26. The Morgan fingerprint density at radius 2 is 2.31 bits per heavy atom. The summed E-state index contributed by atoms with van der Waals surface area (Å²) in [6.07, 6.45) is -3.18. The van der Waals surface area contributed by atoms with Crippen LogP contribution in [0.15, 0.2) is 6.07 Å². The van der Waals surface area contributed by atoms with Gasteiger partial charge in [-0.05, 0) is 28.7 Å². The highest BCUT2D eigenvalue weighted by Gasteiger charge is 2.20. The largest absolute Gasteiger partial charge is 0.493 e. The fourth-order valence-electron chi connectivity index (χ4n) is 1.17. The molecule has 1 heterocycles. The molecule has 0 aliphatic rings. The number of carbonyl (C=O) groups is 1. The van der Waals surface area contributed by atoms with Crippen molar-refractivity contribution in [2.45, 2.75) is 12.8 Å². The molecule has 0 bridgehead atoms. The van der Waals surface area contributed by atoms with E-state index in [9.17, 15) is 13.6 Å². The lowest BCUT2D eigenvalue weighted by Crippen LogP contribution is -2.07. The molecule has 0 aliphatic carbocycles. The van der Waals surface area contributed by atoms with Gasteiger partial charge in [-0.3, -0.25) is 4.79 Å². The van der Waals surface area contributed by atoms with Crippen LogP contribution in [0, 0.1) is 3.57 Å². The van der Waals surface area contributed by atoms with Crippen LogP contribution >= 0.6 is 22.6 Å². The molecule has 1 rings (SSSR count). The summed E-state index contributed by atoms with van der Waals surface area (Å²) in [7, 11) is 1.27. The van der Waals surface area contributed by atoms with Crippen molar-refractivity contribution in [2.24, 2.45) is 0 Å². The molecule has 0 fully saturated rings. The van der Waals surface area contributed by atoms with E-state index in [4.69, 9.17) is 9.84 Å². The van der Waals surface area contributed by atoms with Crippen molar-refractivity contribution in [3.8, 4) is 5.75 Å². The van der Waals surface area contributed by atoms with Crippen molar-refractivity contribution in [2.75, 3.05) is 7.11 Å². The second kappa shape index (κ2) is 5.37. The molecule has 0 saturated heterocycles. The third-order valence-corrected chi connectivity index (χ3v) is 2.55. The maximum Gasteiger partial charge on any atom is 0.309 e. The van der Waals surface area contributed by atoms with E-state index in [-0.39, 0.29) is 17.9 Å². The molecule has 0 spiro atoms. The van der Waals surface area contributed by atoms with Crippen LogP contribution < -0.4 is 4.74 Å². The summed E-state index contributed by atoms with van der Waals surface area (Å²) in [5, 5.41) is 8.55. The number of carboxylic acids is 1. The molecule has 16 heavy (non-hydrogen) atoms. The average Bonchev–Trinajstić information content (AvgIpc) is 2.15. The Morgan fingerprint density at radius 1 is 1.69 bits per heavy atom. The Hall–Kier alpha value is -0.990. The Labute approximate surface area is 104 Å². The monoisotopic (exact) mass is 343 g/mol. The minimum atomic E-state index is -2.79. The van der Waals surface area contributed by atoms with Gasteiger partial charge >= 0.3 is 5.97 Å². The van der Waals surface area contributed by atoms with E-state index in [2.05, 4.69) is 4.98 Å². The van der Waals surface area contributed by atoms with Crippen LogP contribution in [0.25, 0.3) is 0 Å². The number of hydrogen-bond acceptors (Lipinski definition) is 3. The number of rotatable bonds is 4. The van der Waals surface area contributed by atoms with Crippen LogP contribution in [0.4, 0.5) is 8.78 Å². The Bertz CT molecular complexity index is 412. The Kier molecular flexibility index (Phi) is 4.39. The van der Waals surface area contributed by atoms with Gasteiger partial charge in [0.2, 0.25) is 0 Å². The number of methoxy groups -OCH3 is 1. The fraction of sp³-hybridized carbons (Fsp3) is 0.333. The highest BCUT2D eigenvalue weighted by atomic mass is 127. The van der Waals surface area contributed by atoms with E-state index in [1.54, 1.807) is 22.6 Å². The summed E-state index contributed by atoms with van der Waals surface area (Å²) in [6.45, 7) is 0. The lowest BCUT2D eigenvalue weighted by atomic mass is 10.2. The molecule has 88 valence electrons. The highest BCUT2D eigenvalue weighted by Crippen LogP contribution is 2.31. The van der Waals surface area contributed by atoms with Crippen molar-refractivity contribution < 1.29 is 23.4 Å². The number of aliphatic carboxylic acids is 1. The first-order valence-electron chi connectivity index (χ1n) is 4.19. The van der Waals surface area contributed by atoms with Gasteiger partial charge in [-0.15, -0.1) is 0 Å². The normalized spacial score (nSPS) is 10.6. The van der Waals surface area contributed by atoms with Crippen LogP contribution in [-0.4, -0.2) is 23.2 Å². The zero-order valence-corrected chi connectivity index (χ0v) is 10.4. The lowest BCUT2D eigenvalue weighted by Gasteiger charge is -2.10. The predicted molar refractivity (Wildman–Crippen MR) is 59.8 cm³/mol. The molecule has 1 N–H and O–H groups in total. The first-order chi connectivity index (χ1) is 7.45. The van der Waals surface area contributed by atoms with Crippen LogP contribution in [0.3, 0.4) is 0 Å². The van der Waals surface area contributed by atoms with Gasteiger partial charge in [0.1, 0.15) is 5.69 Å². The smallest absolute Gasteiger partial charge is 0.309 e. The van der Waals surface area contributed by atoms with Crippen LogP contribution in [0.1, 0.15) is 17.8 Å². The van der Waals surface area contributed by atoms with Gasteiger partial charge in [0, 0.05) is 0 Å². The number of nitrogens with zero attached hydrogens (tertiary/aromatic N) is 1. The first-order valence-corrected chi connectivity index (χ1v) is 5.26. The Morgan fingerprint density at radius 3 is 2.75 bits per heavy atom. The molecule has 0 aliphatic heterocycles. The van der Waals surface area contributed by atoms with E-state index < -0.39 is 18.1 Å². The van der Waals surface area contributed by atoms with Gasteiger partial charge in [-0.2, -0.15) is 0 Å². The molecule has 0 atom stereocenters. The van der Waals surface area contributed by atoms with Gasteiger partial charge in [0.25, 0.3) is 6.43 Å². The molecule has 0 radical (unpaired) electrons. The number of halogens is 3. The average molecular weight is 343 g/mol. The zero-order chi connectivity index (χ0) is 12.3. The minimum Gasteiger partial charge on any atom is -0.493 e. The maximum atomic E-state index is 12.6. The second-order valence-electron chi connectivity index (χ2n) is 2.89. The number of aromatic nitrogens is 1. The van der Waals surface area contributed by atoms with Gasteiger partial charge < -0.3 is 9.84 Å². The van der Waals surface area contributed by atoms with Crippen molar-refractivity contribution >= 4 is 28.6 Å². The number of hydrogen-bond donors (Lipinski definition) is 1. The van der Waals surface area contributed by atoms with Crippen LogP contribution in [-0.2, 0) is 11.2 Å². The highest BCUT2D eigenvalue weighted by molar-refractivity contribution is 14.1. The Balaban J connectivity index is 3.22. The molecule has 1 aromatic rings. The standard InChI is InChI=1S/C9H8F2INO3/c1-16-8-5(12)2-4(3-6(14)15)13-7(8)9(10)11/h2,9H,3H2,1H3,(H,14,15). The van der Waals surface area contributed by atoms with Gasteiger partial charge in [-0.25, -0.2) is 13.8 Å². The molecule has 0 saturated carbocycles. The summed E-state index contributed by atoms with van der Waals surface area (Å²) in [5.41, 5.74) is -0.432. The fourth-order valence-corrected chi connectivity index (χ4v) is 2.02. The number of alkyl halides is 2. The van der Waals surface area contributed by atoms with Gasteiger partial charge in [0.05, 0.1) is 22.8 Å². The topological polar surface area (TPSA) is 59.4 Å². The van der Waals surface area contributed by atoms with E-state index >= 15 is 0 Å². The molecule has 0 aromatic carbocycles. The molecule has 0 amide bonds. The summed E-state index contributed by atoms with van der Waals surface area (Å²) in [6, 6.07) is 1.42. The van der Waals surface area contributed by atoms with Gasteiger partial charge in [-0.1, -0.05) is 0 Å². The second-order valence-corrected chi connectivity index (χ2v) is 4.05. The van der Waals surface area contributed by atoms with E-state index in [0.717, 1.165) is 0 Å². The van der Waals surface area contributed by atoms with Crippen molar-refractivity contribution in [3.63, 3.8) is 0 Å². The number of ether oxygens (including phenoxy) is 1. The molecular formula is C9H8F2INO3. The lowest BCUT2D eigenvalue weighted by molar-refractivity contribution is -0.136. The molecular weight excluding hydrogens is 335 g/mol.